The maximum Gasteiger partial charge on any atom is 0.0223 e. The van der Waals surface area contributed by atoms with Crippen molar-refractivity contribution in [1.29, 1.82) is 0 Å². The van der Waals surface area contributed by atoms with Crippen LogP contribution in [0.1, 0.15) is 30.4 Å². The second-order valence-corrected chi connectivity index (χ2v) is 6.21. The van der Waals surface area contributed by atoms with Crippen LogP contribution in [0.5, 0.6) is 0 Å². The predicted octanol–water partition coefficient (Wildman–Crippen LogP) is 1.86. The first-order chi connectivity index (χ1) is 9.86. The maximum atomic E-state index is 5.83. The summed E-state index contributed by atoms with van der Waals surface area (Å²) in [6.45, 7) is 6.94. The molecular weight excluding hydrogens is 246 g/mol. The lowest BCUT2D eigenvalue weighted by Gasteiger charge is -2.44. The Balaban J connectivity index is 1.53. The highest BCUT2D eigenvalue weighted by atomic mass is 15.3. The fourth-order valence-electron chi connectivity index (χ4n) is 3.70. The third-order valence-electron chi connectivity index (χ3n) is 4.96. The van der Waals surface area contributed by atoms with E-state index in [1.807, 2.05) is 0 Å². The summed E-state index contributed by atoms with van der Waals surface area (Å²) in [6, 6.07) is 9.44. The summed E-state index contributed by atoms with van der Waals surface area (Å²) < 4.78 is 0. The van der Waals surface area contributed by atoms with E-state index in [0.29, 0.717) is 6.54 Å². The van der Waals surface area contributed by atoms with Crippen LogP contribution in [-0.2, 0) is 13.0 Å². The third-order valence-corrected chi connectivity index (χ3v) is 4.96. The molecular formula is C17H27N3. The third kappa shape index (κ3) is 3.22. The summed E-state index contributed by atoms with van der Waals surface area (Å²) in [6.07, 6.45) is 5.36. The number of rotatable bonds is 4. The van der Waals surface area contributed by atoms with Gasteiger partial charge in [-0.1, -0.05) is 30.7 Å². The Morgan fingerprint density at radius 3 is 2.75 bits per heavy atom. The van der Waals surface area contributed by atoms with Crippen molar-refractivity contribution >= 4 is 0 Å². The normalized spacial score (nSPS) is 24.6. The van der Waals surface area contributed by atoms with Gasteiger partial charge in [0.05, 0.1) is 0 Å². The average molecular weight is 273 g/mol. The molecule has 2 saturated heterocycles. The number of fused-ring (bicyclic) bond motifs is 1. The van der Waals surface area contributed by atoms with E-state index in [1.165, 1.54) is 63.1 Å². The summed E-state index contributed by atoms with van der Waals surface area (Å²) in [5.74, 6) is 0. The van der Waals surface area contributed by atoms with Crippen molar-refractivity contribution in [2.75, 3.05) is 32.7 Å². The number of nitrogens with two attached hydrogens (primary N) is 1. The average Bonchev–Trinajstić information content (AvgIpc) is 2.53. The number of benzene rings is 1. The predicted molar refractivity (Wildman–Crippen MR) is 83.7 cm³/mol. The fourth-order valence-corrected chi connectivity index (χ4v) is 3.70. The molecule has 2 heterocycles. The Hall–Kier alpha value is -0.900. The van der Waals surface area contributed by atoms with Gasteiger partial charge in [-0.3, -0.25) is 4.90 Å². The lowest BCUT2D eigenvalue weighted by molar-refractivity contribution is 0.0500. The van der Waals surface area contributed by atoms with Crippen molar-refractivity contribution in [1.82, 2.24) is 9.80 Å². The van der Waals surface area contributed by atoms with E-state index < -0.39 is 0 Å². The summed E-state index contributed by atoms with van der Waals surface area (Å²) in [5.41, 5.74) is 8.57. The zero-order chi connectivity index (χ0) is 13.8. The molecule has 20 heavy (non-hydrogen) atoms. The van der Waals surface area contributed by atoms with Crippen LogP contribution in [0.25, 0.3) is 0 Å². The Morgan fingerprint density at radius 1 is 1.05 bits per heavy atom. The van der Waals surface area contributed by atoms with Crippen molar-refractivity contribution in [2.45, 2.75) is 38.3 Å². The van der Waals surface area contributed by atoms with Crippen LogP contribution in [0.3, 0.4) is 0 Å². The molecule has 110 valence electrons. The number of nitrogens with zero attached hydrogens (tertiary/aromatic N) is 2. The highest BCUT2D eigenvalue weighted by Crippen LogP contribution is 2.21. The van der Waals surface area contributed by atoms with Crippen LogP contribution < -0.4 is 5.73 Å². The van der Waals surface area contributed by atoms with Crippen LogP contribution in [0.4, 0.5) is 0 Å². The molecule has 1 atom stereocenters. The van der Waals surface area contributed by atoms with Gasteiger partial charge in [0, 0.05) is 38.8 Å². The monoisotopic (exact) mass is 273 g/mol. The van der Waals surface area contributed by atoms with Gasteiger partial charge < -0.3 is 10.6 Å². The molecule has 0 aliphatic carbocycles. The largest absolute Gasteiger partial charge is 0.326 e. The summed E-state index contributed by atoms with van der Waals surface area (Å²) in [5, 5.41) is 0. The highest BCUT2D eigenvalue weighted by Gasteiger charge is 2.28. The Morgan fingerprint density at radius 2 is 1.90 bits per heavy atom. The van der Waals surface area contributed by atoms with Crippen LogP contribution >= 0.6 is 0 Å². The first kappa shape index (κ1) is 14.1. The van der Waals surface area contributed by atoms with Crippen LogP contribution in [-0.4, -0.2) is 48.6 Å². The first-order valence-electron chi connectivity index (χ1n) is 8.10. The highest BCUT2D eigenvalue weighted by molar-refractivity contribution is 5.27. The van der Waals surface area contributed by atoms with Crippen LogP contribution in [0.15, 0.2) is 24.3 Å². The maximum absolute atomic E-state index is 5.83. The standard InChI is InChI=1S/C17H27N3/c18-13-16-6-2-1-5-15(16)8-10-19-11-12-20-9-4-3-7-17(20)14-19/h1-2,5-6,17H,3-4,7-14,18H2. The molecule has 3 heteroatoms. The van der Waals surface area contributed by atoms with E-state index >= 15 is 0 Å². The van der Waals surface area contributed by atoms with E-state index in [9.17, 15) is 0 Å². The Labute approximate surface area is 122 Å². The second-order valence-electron chi connectivity index (χ2n) is 6.21. The molecule has 3 nitrogen and oxygen atoms in total. The van der Waals surface area contributed by atoms with Crippen molar-refractivity contribution in [3.63, 3.8) is 0 Å². The van der Waals surface area contributed by atoms with E-state index in [0.717, 1.165) is 12.5 Å². The quantitative estimate of drug-likeness (QED) is 0.909. The Kier molecular flexibility index (Phi) is 4.71. The molecule has 0 radical (unpaired) electrons. The smallest absolute Gasteiger partial charge is 0.0223 e. The lowest BCUT2D eigenvalue weighted by atomic mass is 9.99. The number of piperazine rings is 1. The van der Waals surface area contributed by atoms with Gasteiger partial charge in [-0.15, -0.1) is 0 Å². The second kappa shape index (κ2) is 6.70. The van der Waals surface area contributed by atoms with Crippen molar-refractivity contribution in [2.24, 2.45) is 5.73 Å². The van der Waals surface area contributed by atoms with Gasteiger partial charge in [-0.25, -0.2) is 0 Å². The summed E-state index contributed by atoms with van der Waals surface area (Å²) in [4.78, 5) is 5.35. The molecule has 0 bridgehead atoms. The number of hydrogen-bond acceptors (Lipinski definition) is 3. The van der Waals surface area contributed by atoms with E-state index in [-0.39, 0.29) is 0 Å². The molecule has 2 N–H and O–H groups in total. The first-order valence-corrected chi connectivity index (χ1v) is 8.10. The summed E-state index contributed by atoms with van der Waals surface area (Å²) in [7, 11) is 0. The molecule has 1 aromatic rings. The van der Waals surface area contributed by atoms with Gasteiger partial charge in [0.2, 0.25) is 0 Å². The van der Waals surface area contributed by atoms with Crippen molar-refractivity contribution < 1.29 is 0 Å². The minimum absolute atomic E-state index is 0.659. The molecule has 0 spiro atoms. The van der Waals surface area contributed by atoms with Gasteiger partial charge >= 0.3 is 0 Å². The molecule has 2 fully saturated rings. The molecule has 2 aliphatic heterocycles. The van der Waals surface area contributed by atoms with Gasteiger partial charge in [0.1, 0.15) is 0 Å². The van der Waals surface area contributed by atoms with Crippen LogP contribution in [0, 0.1) is 0 Å². The fraction of sp³-hybridized carbons (Fsp3) is 0.647. The van der Waals surface area contributed by atoms with Gasteiger partial charge in [-0.2, -0.15) is 0 Å². The van der Waals surface area contributed by atoms with Gasteiger partial charge in [0.15, 0.2) is 0 Å². The van der Waals surface area contributed by atoms with E-state index in [2.05, 4.69) is 34.1 Å². The zero-order valence-electron chi connectivity index (χ0n) is 12.4. The Bertz CT molecular complexity index is 432. The molecule has 1 unspecified atom stereocenters. The molecule has 0 aromatic heterocycles. The summed E-state index contributed by atoms with van der Waals surface area (Å²) >= 11 is 0. The van der Waals surface area contributed by atoms with Gasteiger partial charge in [0.25, 0.3) is 0 Å². The lowest BCUT2D eigenvalue weighted by Crippen LogP contribution is -2.55. The van der Waals surface area contributed by atoms with Crippen molar-refractivity contribution in [3.8, 4) is 0 Å². The molecule has 2 aliphatic rings. The number of hydrogen-bond donors (Lipinski definition) is 1. The molecule has 0 amide bonds. The number of piperidine rings is 1. The minimum Gasteiger partial charge on any atom is -0.326 e. The van der Waals surface area contributed by atoms with Crippen LogP contribution in [0.2, 0.25) is 0 Å². The van der Waals surface area contributed by atoms with Gasteiger partial charge in [-0.05, 0) is 36.9 Å². The topological polar surface area (TPSA) is 32.5 Å². The molecule has 0 saturated carbocycles. The van der Waals surface area contributed by atoms with E-state index in [1.54, 1.807) is 0 Å². The van der Waals surface area contributed by atoms with Crippen molar-refractivity contribution in [3.05, 3.63) is 35.4 Å². The molecule has 3 rings (SSSR count). The molecule has 1 aromatic carbocycles. The SMILES string of the molecule is NCc1ccccc1CCN1CCN2CCCCC2C1. The zero-order valence-corrected chi connectivity index (χ0v) is 12.4. The minimum atomic E-state index is 0.659. The van der Waals surface area contributed by atoms with E-state index in [4.69, 9.17) is 5.73 Å².